The van der Waals surface area contributed by atoms with Crippen molar-refractivity contribution in [2.24, 2.45) is 0 Å². The van der Waals surface area contributed by atoms with Gasteiger partial charge in [0.1, 0.15) is 11.6 Å². The fraction of sp³-hybridized carbons (Fsp3) is 0.500. The summed E-state index contributed by atoms with van der Waals surface area (Å²) in [4.78, 5) is 15.5. The molecule has 0 aromatic carbocycles. The lowest BCUT2D eigenvalue weighted by atomic mass is 10.4. The maximum atomic E-state index is 12.0. The molecule has 1 amide bonds. The molecule has 1 aromatic rings. The monoisotopic (exact) mass is 319 g/mol. The summed E-state index contributed by atoms with van der Waals surface area (Å²) in [7, 11) is -3.34. The summed E-state index contributed by atoms with van der Waals surface area (Å²) in [5.74, 6) is -0.655. The van der Waals surface area contributed by atoms with E-state index in [1.165, 1.54) is 6.20 Å². The Morgan fingerprint density at radius 3 is 2.55 bits per heavy atom. The number of pyridine rings is 1. The third kappa shape index (κ3) is 4.35. The molecule has 20 heavy (non-hydrogen) atoms. The predicted molar refractivity (Wildman–Crippen MR) is 80.6 cm³/mol. The number of nitrogens with one attached hydrogen (secondary N) is 1. The van der Waals surface area contributed by atoms with Crippen molar-refractivity contribution in [1.82, 2.24) is 4.98 Å². The second kappa shape index (κ2) is 6.90. The van der Waals surface area contributed by atoms with Crippen LogP contribution in [0.3, 0.4) is 0 Å². The lowest BCUT2D eigenvalue weighted by Crippen LogP contribution is -2.29. The first-order chi connectivity index (χ1) is 8.97. The van der Waals surface area contributed by atoms with E-state index in [2.05, 4.69) is 10.3 Å². The number of carbonyl (C=O) groups is 1. The number of nitrogens with two attached hydrogens (primary N) is 1. The Morgan fingerprint density at radius 2 is 2.00 bits per heavy atom. The van der Waals surface area contributed by atoms with Gasteiger partial charge in [-0.3, -0.25) is 4.79 Å². The molecule has 1 heterocycles. The van der Waals surface area contributed by atoms with E-state index in [0.29, 0.717) is 24.3 Å². The van der Waals surface area contributed by atoms with Crippen LogP contribution in [0, 0.1) is 0 Å². The Labute approximate surface area is 124 Å². The largest absolute Gasteiger partial charge is 0.384 e. The summed E-state index contributed by atoms with van der Waals surface area (Å²) < 4.78 is 24.0. The quantitative estimate of drug-likeness (QED) is 0.873. The van der Waals surface area contributed by atoms with Crippen molar-refractivity contribution in [3.63, 3.8) is 0 Å². The maximum absolute atomic E-state index is 12.0. The van der Waals surface area contributed by atoms with Gasteiger partial charge in [0.25, 0.3) is 0 Å². The van der Waals surface area contributed by atoms with Gasteiger partial charge in [-0.2, -0.15) is 0 Å². The highest BCUT2D eigenvalue weighted by Crippen LogP contribution is 2.25. The summed E-state index contributed by atoms with van der Waals surface area (Å²) in [6, 6.07) is 3.13. The number of aromatic nitrogens is 1. The summed E-state index contributed by atoms with van der Waals surface area (Å²) in [6.45, 7) is 0. The molecule has 0 atom stereocenters. The second-order valence-corrected chi connectivity index (χ2v) is 7.01. The van der Waals surface area contributed by atoms with Gasteiger partial charge in [-0.25, -0.2) is 13.4 Å². The molecule has 0 aliphatic heterocycles. The zero-order valence-electron chi connectivity index (χ0n) is 10.9. The molecule has 8 heteroatoms. The number of nitrogens with zero attached hydrogens (tertiary/aromatic N) is 1. The molecular weight excluding hydrogens is 302 g/mol. The van der Waals surface area contributed by atoms with Crippen molar-refractivity contribution in [3.05, 3.63) is 18.3 Å². The zero-order valence-corrected chi connectivity index (χ0v) is 12.5. The van der Waals surface area contributed by atoms with Crippen molar-refractivity contribution in [1.29, 1.82) is 0 Å². The van der Waals surface area contributed by atoms with E-state index < -0.39 is 21.5 Å². The van der Waals surface area contributed by atoms with E-state index in [1.807, 2.05) is 0 Å². The minimum Gasteiger partial charge on any atom is -0.384 e. The van der Waals surface area contributed by atoms with Crippen LogP contribution in [0.2, 0.25) is 0 Å². The van der Waals surface area contributed by atoms with Gasteiger partial charge in [-0.15, -0.1) is 12.4 Å². The lowest BCUT2D eigenvalue weighted by Gasteiger charge is -2.11. The average Bonchev–Trinajstić information content (AvgIpc) is 2.85. The van der Waals surface area contributed by atoms with E-state index in [0.717, 1.165) is 12.8 Å². The summed E-state index contributed by atoms with van der Waals surface area (Å²) >= 11 is 0. The van der Waals surface area contributed by atoms with E-state index in [9.17, 15) is 13.2 Å². The summed E-state index contributed by atoms with van der Waals surface area (Å²) in [5.41, 5.74) is 5.87. The Morgan fingerprint density at radius 1 is 1.35 bits per heavy atom. The van der Waals surface area contributed by atoms with Gasteiger partial charge >= 0.3 is 0 Å². The third-order valence-electron chi connectivity index (χ3n) is 3.21. The van der Waals surface area contributed by atoms with Crippen LogP contribution >= 0.6 is 12.4 Å². The number of halogens is 1. The highest BCUT2D eigenvalue weighted by atomic mass is 35.5. The molecule has 1 aliphatic carbocycles. The van der Waals surface area contributed by atoms with Crippen LogP contribution in [0.15, 0.2) is 18.3 Å². The second-order valence-electron chi connectivity index (χ2n) is 4.73. The molecule has 0 spiro atoms. The molecule has 1 aromatic heterocycles. The van der Waals surface area contributed by atoms with E-state index in [4.69, 9.17) is 5.73 Å². The number of amides is 1. The van der Waals surface area contributed by atoms with Crippen LogP contribution < -0.4 is 11.1 Å². The number of sulfone groups is 1. The maximum Gasteiger partial charge on any atom is 0.239 e. The first-order valence-electron chi connectivity index (χ1n) is 6.20. The summed E-state index contributed by atoms with van der Waals surface area (Å²) in [5, 5.41) is 2.15. The van der Waals surface area contributed by atoms with E-state index >= 15 is 0 Å². The topological polar surface area (TPSA) is 102 Å². The number of hydrogen-bond acceptors (Lipinski definition) is 5. The Balaban J connectivity index is 0.00000200. The van der Waals surface area contributed by atoms with Crippen molar-refractivity contribution in [2.45, 2.75) is 30.9 Å². The molecule has 3 N–H and O–H groups in total. The average molecular weight is 320 g/mol. The van der Waals surface area contributed by atoms with Gasteiger partial charge in [0.15, 0.2) is 9.84 Å². The van der Waals surface area contributed by atoms with Crippen LogP contribution in [0.1, 0.15) is 25.7 Å². The molecule has 0 radical (unpaired) electrons. The number of rotatable bonds is 4. The van der Waals surface area contributed by atoms with Gasteiger partial charge < -0.3 is 11.1 Å². The minimum atomic E-state index is -3.34. The molecule has 2 rings (SSSR count). The molecule has 6 nitrogen and oxygen atoms in total. The predicted octanol–water partition coefficient (Wildman–Crippen LogP) is 1.38. The zero-order chi connectivity index (χ0) is 13.9. The van der Waals surface area contributed by atoms with Crippen LogP contribution in [-0.4, -0.2) is 30.3 Å². The molecule has 0 bridgehead atoms. The van der Waals surface area contributed by atoms with Gasteiger partial charge in [0, 0.05) is 0 Å². The first-order valence-corrected chi connectivity index (χ1v) is 7.92. The van der Waals surface area contributed by atoms with Gasteiger partial charge in [-0.05, 0) is 25.0 Å². The smallest absolute Gasteiger partial charge is 0.239 e. The van der Waals surface area contributed by atoms with Gasteiger partial charge in [0.2, 0.25) is 5.91 Å². The van der Waals surface area contributed by atoms with Gasteiger partial charge in [0.05, 0.1) is 17.1 Å². The van der Waals surface area contributed by atoms with Crippen LogP contribution in [0.25, 0.3) is 0 Å². The highest BCUT2D eigenvalue weighted by Gasteiger charge is 2.30. The number of anilines is 2. The van der Waals surface area contributed by atoms with Crippen molar-refractivity contribution >= 4 is 39.7 Å². The van der Waals surface area contributed by atoms with E-state index in [-0.39, 0.29) is 17.7 Å². The fourth-order valence-electron chi connectivity index (χ4n) is 2.22. The van der Waals surface area contributed by atoms with Crippen molar-refractivity contribution in [3.8, 4) is 0 Å². The van der Waals surface area contributed by atoms with Gasteiger partial charge in [-0.1, -0.05) is 12.8 Å². The molecule has 1 aliphatic rings. The standard InChI is InChI=1S/C12H17N3O3S.ClH/c13-11-6-5-9(7-14-11)15-12(16)8-19(17,18)10-3-1-2-4-10;/h5-7,10H,1-4,8H2,(H2,13,14)(H,15,16);1H. The number of hydrogen-bond donors (Lipinski definition) is 2. The van der Waals surface area contributed by atoms with Crippen LogP contribution in [0.4, 0.5) is 11.5 Å². The number of nitrogen functional groups attached to an aromatic ring is 1. The Bertz CT molecular complexity index is 554. The molecule has 112 valence electrons. The molecule has 0 unspecified atom stereocenters. The normalized spacial score (nSPS) is 15.6. The van der Waals surface area contributed by atoms with Crippen molar-refractivity contribution < 1.29 is 13.2 Å². The molecular formula is C12H18ClN3O3S. The first kappa shape index (κ1) is 16.7. The third-order valence-corrected chi connectivity index (χ3v) is 5.36. The molecule has 1 saturated carbocycles. The van der Waals surface area contributed by atoms with Crippen LogP contribution in [0.5, 0.6) is 0 Å². The molecule has 0 saturated heterocycles. The van der Waals surface area contributed by atoms with E-state index in [1.54, 1.807) is 12.1 Å². The highest BCUT2D eigenvalue weighted by molar-refractivity contribution is 7.92. The SMILES string of the molecule is Cl.Nc1ccc(NC(=O)CS(=O)(=O)C2CCCC2)cn1. The Hall–Kier alpha value is -1.34. The molecule has 1 fully saturated rings. The fourth-order valence-corrected chi connectivity index (χ4v) is 3.95. The van der Waals surface area contributed by atoms with Crippen LogP contribution in [-0.2, 0) is 14.6 Å². The summed E-state index contributed by atoms with van der Waals surface area (Å²) in [6.07, 6.45) is 4.58. The number of carbonyl (C=O) groups excluding carboxylic acids is 1. The minimum absolute atomic E-state index is 0. The Kier molecular flexibility index (Phi) is 5.76. The lowest BCUT2D eigenvalue weighted by molar-refractivity contribution is -0.113. The van der Waals surface area contributed by atoms with Crippen molar-refractivity contribution in [2.75, 3.05) is 16.8 Å².